The first-order valence-corrected chi connectivity index (χ1v) is 11.6. The summed E-state index contributed by atoms with van der Waals surface area (Å²) in [6.07, 6.45) is 2.07. The summed E-state index contributed by atoms with van der Waals surface area (Å²) >= 11 is 0. The molecule has 0 aliphatic carbocycles. The number of ether oxygens (including phenoxy) is 2. The molecule has 3 aromatic rings. The highest BCUT2D eigenvalue weighted by Crippen LogP contribution is 2.34. The fourth-order valence-corrected chi connectivity index (χ4v) is 5.95. The van der Waals surface area contributed by atoms with E-state index < -0.39 is 9.84 Å². The molecule has 8 heteroatoms. The maximum Gasteiger partial charge on any atom is 0.200 e. The third-order valence-electron chi connectivity index (χ3n) is 5.87. The monoisotopic (exact) mass is 427 g/mol. The van der Waals surface area contributed by atoms with Crippen LogP contribution in [0.1, 0.15) is 12.0 Å². The van der Waals surface area contributed by atoms with E-state index in [0.717, 1.165) is 11.1 Å². The van der Waals surface area contributed by atoms with E-state index in [4.69, 9.17) is 13.9 Å². The summed E-state index contributed by atoms with van der Waals surface area (Å²) in [5.74, 6) is 1.72. The first kappa shape index (κ1) is 19.1. The summed E-state index contributed by atoms with van der Waals surface area (Å²) < 4.78 is 40.7. The number of rotatable bonds is 3. The second kappa shape index (κ2) is 7.14. The zero-order valence-electron chi connectivity index (χ0n) is 16.5. The highest BCUT2D eigenvalue weighted by molar-refractivity contribution is 7.91. The van der Waals surface area contributed by atoms with Crippen LogP contribution in [0.4, 0.5) is 0 Å². The molecule has 0 N–H and O–H groups in total. The van der Waals surface area contributed by atoms with Crippen LogP contribution in [0.5, 0.6) is 11.5 Å². The van der Waals surface area contributed by atoms with Crippen molar-refractivity contribution in [2.75, 3.05) is 25.3 Å². The lowest BCUT2D eigenvalue weighted by molar-refractivity contribution is 0.0649. The van der Waals surface area contributed by atoms with Gasteiger partial charge in [-0.3, -0.25) is 9.69 Å². The lowest BCUT2D eigenvalue weighted by Gasteiger charge is -2.33. The van der Waals surface area contributed by atoms with Crippen LogP contribution in [0.25, 0.3) is 22.1 Å². The Labute approximate surface area is 173 Å². The molecule has 1 fully saturated rings. The van der Waals surface area contributed by atoms with Gasteiger partial charge in [-0.2, -0.15) is 0 Å². The van der Waals surface area contributed by atoms with E-state index in [1.165, 1.54) is 6.26 Å². The Hall–Kier alpha value is -2.84. The van der Waals surface area contributed by atoms with Crippen molar-refractivity contribution in [3.05, 3.63) is 58.4 Å². The Morgan fingerprint density at radius 3 is 2.63 bits per heavy atom. The molecular formula is C22H21NO6S. The minimum Gasteiger partial charge on any atom is -0.497 e. The fraction of sp³-hybridized carbons (Fsp3) is 0.318. The van der Waals surface area contributed by atoms with E-state index in [-0.39, 0.29) is 23.0 Å². The average molecular weight is 427 g/mol. The highest BCUT2D eigenvalue weighted by Gasteiger charge is 2.35. The molecule has 0 saturated carbocycles. The number of hydrogen-bond acceptors (Lipinski definition) is 7. The van der Waals surface area contributed by atoms with Crippen molar-refractivity contribution in [1.29, 1.82) is 0 Å². The van der Waals surface area contributed by atoms with Crippen molar-refractivity contribution in [2.45, 2.75) is 19.0 Å². The molecular weight excluding hydrogens is 406 g/mol. The summed E-state index contributed by atoms with van der Waals surface area (Å²) in [4.78, 5) is 15.2. The SMILES string of the molecule is COc1ccc(-c2coc3c4c(ccc3c2=O)OCN([C@H]2CCS(=O)(=O)C2)C4)cc1. The van der Waals surface area contributed by atoms with Gasteiger partial charge in [-0.1, -0.05) is 12.1 Å². The lowest BCUT2D eigenvalue weighted by atomic mass is 10.0. The largest absolute Gasteiger partial charge is 0.497 e. The molecule has 1 aromatic heterocycles. The van der Waals surface area contributed by atoms with Crippen molar-refractivity contribution in [2.24, 2.45) is 0 Å². The molecule has 1 saturated heterocycles. The highest BCUT2D eigenvalue weighted by atomic mass is 32.2. The van der Waals surface area contributed by atoms with Crippen LogP contribution >= 0.6 is 0 Å². The van der Waals surface area contributed by atoms with E-state index in [2.05, 4.69) is 0 Å². The molecule has 2 aromatic carbocycles. The normalized spacial score (nSPS) is 20.6. The van der Waals surface area contributed by atoms with E-state index in [0.29, 0.717) is 47.7 Å². The van der Waals surface area contributed by atoms with Crippen molar-refractivity contribution in [1.82, 2.24) is 4.90 Å². The Morgan fingerprint density at radius 1 is 1.13 bits per heavy atom. The van der Waals surface area contributed by atoms with Gasteiger partial charge in [-0.05, 0) is 36.2 Å². The summed E-state index contributed by atoms with van der Waals surface area (Å²) in [5.41, 5.74) is 2.37. The van der Waals surface area contributed by atoms with Gasteiger partial charge >= 0.3 is 0 Å². The van der Waals surface area contributed by atoms with Crippen molar-refractivity contribution >= 4 is 20.8 Å². The maximum atomic E-state index is 13.2. The molecule has 7 nitrogen and oxygen atoms in total. The van der Waals surface area contributed by atoms with Gasteiger partial charge in [0.25, 0.3) is 0 Å². The topological polar surface area (TPSA) is 86.1 Å². The summed E-state index contributed by atoms with van der Waals surface area (Å²) in [6, 6.07) is 10.7. The Morgan fingerprint density at radius 2 is 1.93 bits per heavy atom. The number of hydrogen-bond donors (Lipinski definition) is 0. The second-order valence-corrected chi connectivity index (χ2v) is 9.93. The molecule has 156 valence electrons. The standard InChI is InChI=1S/C22H21NO6S/c1-27-16-4-2-14(3-5-16)19-11-28-22-17(21(19)24)6-7-20-18(22)10-23(13-29-20)15-8-9-30(25,26)12-15/h2-7,11,15H,8-10,12-13H2,1H3/t15-/m0/s1. The number of benzene rings is 2. The predicted octanol–water partition coefficient (Wildman–Crippen LogP) is 2.81. The first-order chi connectivity index (χ1) is 14.4. The van der Waals surface area contributed by atoms with Crippen molar-refractivity contribution in [3.63, 3.8) is 0 Å². The van der Waals surface area contributed by atoms with Gasteiger partial charge in [0.1, 0.15) is 30.1 Å². The van der Waals surface area contributed by atoms with Crippen LogP contribution in [0.15, 0.2) is 51.9 Å². The molecule has 2 aliphatic rings. The van der Waals surface area contributed by atoms with Gasteiger partial charge in [0.05, 0.1) is 35.1 Å². The van der Waals surface area contributed by atoms with E-state index in [9.17, 15) is 13.2 Å². The predicted molar refractivity (Wildman–Crippen MR) is 113 cm³/mol. The van der Waals surface area contributed by atoms with E-state index in [1.807, 2.05) is 17.0 Å². The van der Waals surface area contributed by atoms with Crippen LogP contribution in [-0.2, 0) is 16.4 Å². The summed E-state index contributed by atoms with van der Waals surface area (Å²) in [5, 5.41) is 0.478. The lowest BCUT2D eigenvalue weighted by Crippen LogP contribution is -2.41. The van der Waals surface area contributed by atoms with Gasteiger partial charge in [0.2, 0.25) is 5.43 Å². The van der Waals surface area contributed by atoms with Gasteiger partial charge < -0.3 is 13.9 Å². The molecule has 2 aliphatic heterocycles. The number of nitrogens with zero attached hydrogens (tertiary/aromatic N) is 1. The number of methoxy groups -OCH3 is 1. The third kappa shape index (κ3) is 3.26. The molecule has 30 heavy (non-hydrogen) atoms. The summed E-state index contributed by atoms with van der Waals surface area (Å²) in [7, 11) is -1.40. The third-order valence-corrected chi connectivity index (χ3v) is 7.62. The molecule has 1 atom stereocenters. The zero-order chi connectivity index (χ0) is 20.9. The van der Waals surface area contributed by atoms with Gasteiger partial charge in [0, 0.05) is 12.6 Å². The van der Waals surface area contributed by atoms with Crippen LogP contribution in [0.2, 0.25) is 0 Å². The molecule has 0 radical (unpaired) electrons. The quantitative estimate of drug-likeness (QED) is 0.635. The van der Waals surface area contributed by atoms with Crippen LogP contribution in [-0.4, -0.2) is 44.7 Å². The fourth-order valence-electron chi connectivity index (χ4n) is 4.19. The average Bonchev–Trinajstić information content (AvgIpc) is 3.13. The minimum atomic E-state index is -2.99. The summed E-state index contributed by atoms with van der Waals surface area (Å²) in [6.45, 7) is 0.810. The maximum absolute atomic E-state index is 13.2. The van der Waals surface area contributed by atoms with E-state index in [1.54, 1.807) is 31.4 Å². The minimum absolute atomic E-state index is 0.0799. The van der Waals surface area contributed by atoms with Crippen LogP contribution in [0.3, 0.4) is 0 Å². The van der Waals surface area contributed by atoms with Crippen LogP contribution in [0, 0.1) is 0 Å². The molecule has 0 unspecified atom stereocenters. The molecule has 0 bridgehead atoms. The van der Waals surface area contributed by atoms with Gasteiger partial charge in [0.15, 0.2) is 9.84 Å². The Balaban J connectivity index is 1.53. The van der Waals surface area contributed by atoms with Crippen LogP contribution < -0.4 is 14.9 Å². The molecule has 0 spiro atoms. The molecule has 0 amide bonds. The van der Waals surface area contributed by atoms with E-state index >= 15 is 0 Å². The second-order valence-electron chi connectivity index (χ2n) is 7.70. The van der Waals surface area contributed by atoms with Crippen molar-refractivity contribution in [3.8, 4) is 22.6 Å². The smallest absolute Gasteiger partial charge is 0.200 e. The number of fused-ring (bicyclic) bond motifs is 3. The first-order valence-electron chi connectivity index (χ1n) is 9.74. The van der Waals surface area contributed by atoms with Crippen molar-refractivity contribution < 1.29 is 22.3 Å². The molecule has 5 rings (SSSR count). The Kier molecular flexibility index (Phi) is 4.56. The Bertz CT molecular complexity index is 1280. The van der Waals surface area contributed by atoms with Gasteiger partial charge in [-0.25, -0.2) is 8.42 Å². The molecule has 3 heterocycles. The number of sulfone groups is 1. The zero-order valence-corrected chi connectivity index (χ0v) is 17.3. The van der Waals surface area contributed by atoms with Gasteiger partial charge in [-0.15, -0.1) is 0 Å².